The van der Waals surface area contributed by atoms with Gasteiger partial charge in [-0.15, -0.1) is 0 Å². The average Bonchev–Trinajstić information content (AvgIpc) is 3.27. The first kappa shape index (κ1) is 33.4. The molecule has 0 saturated heterocycles. The van der Waals surface area contributed by atoms with Crippen molar-refractivity contribution in [1.29, 1.82) is 0 Å². The molecule has 3 atom stereocenters. The molecule has 9 nitrogen and oxygen atoms in total. The molecule has 0 bridgehead atoms. The topological polar surface area (TPSA) is 143 Å². The number of nitrogens with two attached hydrogens (primary N) is 1. The first-order valence-electron chi connectivity index (χ1n) is 15.1. The maximum absolute atomic E-state index is 16.3. The highest BCUT2D eigenvalue weighted by molar-refractivity contribution is 6.34. The number of carboxylic acid groups (broad SMARTS) is 1. The van der Waals surface area contributed by atoms with Gasteiger partial charge in [0.25, 0.3) is 0 Å². The molecule has 246 valence electrons. The Labute approximate surface area is 270 Å². The van der Waals surface area contributed by atoms with Crippen LogP contribution in [0, 0.1) is 11.6 Å². The van der Waals surface area contributed by atoms with Crippen LogP contribution in [0.2, 0.25) is 5.02 Å². The number of fused-ring (bicyclic) bond motifs is 1. The number of rotatable bonds is 9. The lowest BCUT2D eigenvalue weighted by Crippen LogP contribution is -2.53. The maximum Gasteiger partial charge on any atom is 0.407 e. The molecular formula is C34H37ClF2N2O7. The quantitative estimate of drug-likeness (QED) is 0.214. The summed E-state index contributed by atoms with van der Waals surface area (Å²) < 4.78 is 44.0. The fraction of sp³-hybridized carbons (Fsp3) is 0.412. The number of carbonyl (C=O) groups is 2. The van der Waals surface area contributed by atoms with E-state index in [0.717, 1.165) is 6.07 Å². The highest BCUT2D eigenvalue weighted by Gasteiger charge is 2.52. The Kier molecular flexibility index (Phi) is 9.23. The molecule has 0 spiro atoms. The van der Waals surface area contributed by atoms with Gasteiger partial charge in [-0.05, 0) is 57.2 Å². The Morgan fingerprint density at radius 3 is 2.39 bits per heavy atom. The zero-order valence-electron chi connectivity index (χ0n) is 25.7. The van der Waals surface area contributed by atoms with Crippen molar-refractivity contribution in [2.75, 3.05) is 13.2 Å². The molecule has 1 saturated carbocycles. The molecule has 1 fully saturated rings. The van der Waals surface area contributed by atoms with Gasteiger partial charge in [0.15, 0.2) is 17.2 Å². The summed E-state index contributed by atoms with van der Waals surface area (Å²) in [5.74, 6) is -4.10. The SMILES string of the molecule is CC(O)COc1ccc(C(N)=O)c(-c2c(Cl)c(F)cc3c2[C@H](C)[C@@](CN(C(=O)O)C2CCC(C)(O)CC2)(c2ccccc2)O3)c1F. The van der Waals surface area contributed by atoms with Crippen molar-refractivity contribution in [2.24, 2.45) is 5.73 Å². The van der Waals surface area contributed by atoms with Crippen LogP contribution < -0.4 is 15.2 Å². The Balaban J connectivity index is 1.70. The number of ether oxygens (including phenoxy) is 2. The second-order valence-corrected chi connectivity index (χ2v) is 12.9. The number of halogens is 3. The van der Waals surface area contributed by atoms with E-state index in [0.29, 0.717) is 31.2 Å². The van der Waals surface area contributed by atoms with Gasteiger partial charge < -0.3 is 35.4 Å². The van der Waals surface area contributed by atoms with Gasteiger partial charge in [-0.3, -0.25) is 4.79 Å². The van der Waals surface area contributed by atoms with Crippen LogP contribution in [-0.4, -0.2) is 63.1 Å². The molecular weight excluding hydrogens is 622 g/mol. The molecule has 2 amide bonds. The van der Waals surface area contributed by atoms with Crippen LogP contribution >= 0.6 is 11.6 Å². The molecule has 3 aromatic carbocycles. The van der Waals surface area contributed by atoms with E-state index >= 15 is 8.78 Å². The summed E-state index contributed by atoms with van der Waals surface area (Å²) in [6, 6.07) is 11.9. The van der Waals surface area contributed by atoms with E-state index in [1.165, 1.54) is 24.0 Å². The normalized spacial score (nSPS) is 24.5. The van der Waals surface area contributed by atoms with Crippen molar-refractivity contribution < 1.29 is 43.2 Å². The van der Waals surface area contributed by atoms with Crippen molar-refractivity contribution in [1.82, 2.24) is 4.90 Å². The van der Waals surface area contributed by atoms with E-state index in [-0.39, 0.29) is 41.3 Å². The van der Waals surface area contributed by atoms with Gasteiger partial charge in [-0.2, -0.15) is 0 Å². The Hall–Kier alpha value is -3.93. The molecule has 5 rings (SSSR count). The number of benzene rings is 3. The lowest BCUT2D eigenvalue weighted by Gasteiger charge is -2.43. The molecule has 2 aliphatic rings. The lowest BCUT2D eigenvalue weighted by atomic mass is 9.76. The van der Waals surface area contributed by atoms with Gasteiger partial charge in [0.1, 0.15) is 18.2 Å². The highest BCUT2D eigenvalue weighted by Crippen LogP contribution is 2.57. The van der Waals surface area contributed by atoms with Crippen molar-refractivity contribution in [3.63, 3.8) is 0 Å². The number of primary amides is 1. The second kappa shape index (κ2) is 12.7. The first-order valence-corrected chi connectivity index (χ1v) is 15.5. The monoisotopic (exact) mass is 658 g/mol. The fourth-order valence-corrected chi connectivity index (χ4v) is 6.90. The van der Waals surface area contributed by atoms with Crippen molar-refractivity contribution in [3.8, 4) is 22.6 Å². The van der Waals surface area contributed by atoms with Gasteiger partial charge in [-0.25, -0.2) is 13.6 Å². The third-order valence-electron chi connectivity index (χ3n) is 9.13. The van der Waals surface area contributed by atoms with E-state index in [2.05, 4.69) is 0 Å². The molecule has 46 heavy (non-hydrogen) atoms. The molecule has 0 radical (unpaired) electrons. The van der Waals surface area contributed by atoms with E-state index in [9.17, 15) is 24.9 Å². The van der Waals surface area contributed by atoms with E-state index in [1.807, 2.05) is 0 Å². The zero-order valence-corrected chi connectivity index (χ0v) is 26.5. The maximum atomic E-state index is 16.3. The third kappa shape index (κ3) is 6.11. The van der Waals surface area contributed by atoms with Crippen LogP contribution in [0.25, 0.3) is 11.1 Å². The van der Waals surface area contributed by atoms with Gasteiger partial charge in [0.2, 0.25) is 5.91 Å². The fourth-order valence-electron chi connectivity index (χ4n) is 6.65. The summed E-state index contributed by atoms with van der Waals surface area (Å²) in [4.78, 5) is 26.7. The van der Waals surface area contributed by atoms with Gasteiger partial charge >= 0.3 is 6.09 Å². The Morgan fingerprint density at radius 1 is 1.15 bits per heavy atom. The van der Waals surface area contributed by atoms with Gasteiger partial charge in [0.05, 0.1) is 28.8 Å². The number of hydrogen-bond donors (Lipinski definition) is 4. The smallest absolute Gasteiger partial charge is 0.407 e. The minimum absolute atomic E-state index is 0.00436. The molecule has 1 unspecified atom stereocenters. The van der Waals surface area contributed by atoms with Crippen LogP contribution in [0.5, 0.6) is 11.5 Å². The number of carbonyl (C=O) groups excluding carboxylic acids is 1. The molecule has 0 aromatic heterocycles. The summed E-state index contributed by atoms with van der Waals surface area (Å²) in [5.41, 5.74) is 3.30. The predicted molar refractivity (Wildman–Crippen MR) is 167 cm³/mol. The number of aliphatic hydroxyl groups is 2. The van der Waals surface area contributed by atoms with Crippen molar-refractivity contribution >= 4 is 23.6 Å². The standard InChI is InChI=1S/C34H37ClF2N2O7/c1-18(40)16-45-24-10-9-22(31(38)41)27(30(24)37)28-26-19(2)34(20-7-5-4-6-8-20,46-25(26)15-23(36)29(28)35)17-39(32(42)43)21-11-13-33(3,44)14-12-21/h4-10,15,18-19,21,40,44H,11-14,16-17H2,1-3H3,(H2,38,41)(H,42,43)/t18?,19-,21?,33?,34-/m0/s1. The van der Waals surface area contributed by atoms with E-state index in [1.54, 1.807) is 44.2 Å². The van der Waals surface area contributed by atoms with Crippen LogP contribution in [0.1, 0.15) is 73.9 Å². The Bertz CT molecular complexity index is 1640. The summed E-state index contributed by atoms with van der Waals surface area (Å²) in [6.45, 7) is 4.47. The van der Waals surface area contributed by atoms with Crippen LogP contribution in [0.15, 0.2) is 48.5 Å². The first-order chi connectivity index (χ1) is 21.7. The van der Waals surface area contributed by atoms with Gasteiger partial charge in [-0.1, -0.05) is 48.9 Å². The highest BCUT2D eigenvalue weighted by atomic mass is 35.5. The van der Waals surface area contributed by atoms with E-state index < -0.39 is 63.5 Å². The lowest BCUT2D eigenvalue weighted by molar-refractivity contribution is -0.0250. The molecule has 12 heteroatoms. The molecule has 3 aromatic rings. The molecule has 1 aliphatic carbocycles. The third-order valence-corrected chi connectivity index (χ3v) is 9.50. The Morgan fingerprint density at radius 2 is 1.80 bits per heavy atom. The van der Waals surface area contributed by atoms with Crippen LogP contribution in [0.4, 0.5) is 13.6 Å². The van der Waals surface area contributed by atoms with Crippen LogP contribution in [0.3, 0.4) is 0 Å². The zero-order chi connectivity index (χ0) is 33.6. The summed E-state index contributed by atoms with van der Waals surface area (Å²) >= 11 is 6.59. The summed E-state index contributed by atoms with van der Waals surface area (Å²) in [6.07, 6.45) is -0.474. The largest absolute Gasteiger partial charge is 0.488 e. The number of nitrogens with zero attached hydrogens (tertiary/aromatic N) is 1. The van der Waals surface area contributed by atoms with Crippen LogP contribution in [-0.2, 0) is 5.60 Å². The average molecular weight is 659 g/mol. The number of hydrogen-bond acceptors (Lipinski definition) is 6. The summed E-state index contributed by atoms with van der Waals surface area (Å²) in [7, 11) is 0. The minimum atomic E-state index is -1.43. The number of amides is 2. The number of aliphatic hydroxyl groups excluding tert-OH is 1. The van der Waals surface area contributed by atoms with Gasteiger partial charge in [0, 0.05) is 34.7 Å². The van der Waals surface area contributed by atoms with E-state index in [4.69, 9.17) is 26.8 Å². The molecule has 1 aliphatic heterocycles. The van der Waals surface area contributed by atoms with Crippen molar-refractivity contribution in [3.05, 3.63) is 81.9 Å². The predicted octanol–water partition coefficient (Wildman–Crippen LogP) is 6.21. The molecule has 5 N–H and O–H groups in total. The minimum Gasteiger partial charge on any atom is -0.488 e. The van der Waals surface area contributed by atoms with Crippen molar-refractivity contribution in [2.45, 2.75) is 75.7 Å². The molecule has 1 heterocycles. The second-order valence-electron chi connectivity index (χ2n) is 12.5. The summed E-state index contributed by atoms with van der Waals surface area (Å²) in [5, 5.41) is 30.2.